The Morgan fingerprint density at radius 1 is 1.19 bits per heavy atom. The molecule has 136 valence electrons. The van der Waals surface area contributed by atoms with E-state index in [-0.39, 0.29) is 21.6 Å². The van der Waals surface area contributed by atoms with Crippen LogP contribution in [0.2, 0.25) is 0 Å². The molecule has 1 aliphatic heterocycles. The molecule has 26 heavy (non-hydrogen) atoms. The van der Waals surface area contributed by atoms with Crippen LogP contribution in [0.25, 0.3) is 11.0 Å². The standard InChI is InChI=1S/C19H18FNO4S/c1-11-19-15(7-8-21-11)14-5-3-13(10-18(14)25-19)26(22,23)12-4-6-17(24-2)16(20)9-12/h3-6,9-11,21H,7-8H2,1-2H3. The van der Waals surface area contributed by atoms with Crippen LogP contribution in [0.1, 0.15) is 24.3 Å². The summed E-state index contributed by atoms with van der Waals surface area (Å²) in [4.78, 5) is -0.0530. The number of sulfone groups is 1. The monoisotopic (exact) mass is 375 g/mol. The lowest BCUT2D eigenvalue weighted by Gasteiger charge is -2.18. The molecule has 4 rings (SSSR count). The molecule has 2 heterocycles. The molecule has 1 atom stereocenters. The van der Waals surface area contributed by atoms with Crippen LogP contribution in [-0.2, 0) is 16.3 Å². The van der Waals surface area contributed by atoms with Crippen molar-refractivity contribution in [2.24, 2.45) is 0 Å². The van der Waals surface area contributed by atoms with Crippen LogP contribution in [0.15, 0.2) is 50.6 Å². The third-order valence-corrected chi connectivity index (χ3v) is 6.51. The number of furan rings is 1. The van der Waals surface area contributed by atoms with Crippen molar-refractivity contribution < 1.29 is 22.0 Å². The van der Waals surface area contributed by atoms with Gasteiger partial charge in [-0.05, 0) is 50.2 Å². The average molecular weight is 375 g/mol. The molecule has 1 unspecified atom stereocenters. The molecule has 0 saturated heterocycles. The molecule has 2 aromatic carbocycles. The first kappa shape index (κ1) is 17.1. The first-order valence-corrected chi connectivity index (χ1v) is 9.77. The van der Waals surface area contributed by atoms with Crippen LogP contribution in [-0.4, -0.2) is 22.1 Å². The molecule has 5 nitrogen and oxygen atoms in total. The van der Waals surface area contributed by atoms with Crippen molar-refractivity contribution in [2.75, 3.05) is 13.7 Å². The first-order valence-electron chi connectivity index (χ1n) is 8.29. The van der Waals surface area contributed by atoms with Crippen LogP contribution in [0.4, 0.5) is 4.39 Å². The number of hydrogen-bond acceptors (Lipinski definition) is 5. The van der Waals surface area contributed by atoms with Gasteiger partial charge >= 0.3 is 0 Å². The molecular weight excluding hydrogens is 357 g/mol. The zero-order valence-electron chi connectivity index (χ0n) is 14.4. The van der Waals surface area contributed by atoms with Gasteiger partial charge in [0.15, 0.2) is 11.6 Å². The molecule has 7 heteroatoms. The quantitative estimate of drug-likeness (QED) is 0.757. The minimum absolute atomic E-state index is 0.000371. The lowest BCUT2D eigenvalue weighted by molar-refractivity contribution is 0.385. The fourth-order valence-corrected chi connectivity index (χ4v) is 4.67. The molecule has 1 aromatic heterocycles. The van der Waals surface area contributed by atoms with Crippen molar-refractivity contribution in [1.29, 1.82) is 0 Å². The summed E-state index contributed by atoms with van der Waals surface area (Å²) < 4.78 is 50.4. The average Bonchev–Trinajstić information content (AvgIpc) is 3.01. The minimum atomic E-state index is -3.86. The molecule has 0 radical (unpaired) electrons. The highest BCUT2D eigenvalue weighted by Crippen LogP contribution is 2.35. The molecule has 0 aliphatic carbocycles. The molecule has 0 spiro atoms. The van der Waals surface area contributed by atoms with Crippen LogP contribution in [0.5, 0.6) is 5.75 Å². The van der Waals surface area contributed by atoms with Crippen molar-refractivity contribution in [2.45, 2.75) is 29.2 Å². The Kier molecular flexibility index (Phi) is 4.00. The Balaban J connectivity index is 1.82. The van der Waals surface area contributed by atoms with E-state index in [2.05, 4.69) is 5.32 Å². The van der Waals surface area contributed by atoms with E-state index >= 15 is 0 Å². The van der Waals surface area contributed by atoms with Crippen LogP contribution in [0.3, 0.4) is 0 Å². The fourth-order valence-electron chi connectivity index (χ4n) is 3.38. The Morgan fingerprint density at radius 3 is 2.65 bits per heavy atom. The highest BCUT2D eigenvalue weighted by Gasteiger charge is 2.25. The number of benzene rings is 2. The van der Waals surface area contributed by atoms with Gasteiger partial charge in [-0.1, -0.05) is 0 Å². The normalized spacial score (nSPS) is 17.3. The van der Waals surface area contributed by atoms with Gasteiger partial charge in [0.1, 0.15) is 11.3 Å². The molecule has 1 aliphatic rings. The van der Waals surface area contributed by atoms with Gasteiger partial charge in [0.05, 0.1) is 22.9 Å². The van der Waals surface area contributed by atoms with E-state index in [1.165, 1.54) is 25.3 Å². The van der Waals surface area contributed by atoms with E-state index in [0.717, 1.165) is 35.7 Å². The summed E-state index contributed by atoms with van der Waals surface area (Å²) in [7, 11) is -2.54. The topological polar surface area (TPSA) is 68.5 Å². The van der Waals surface area contributed by atoms with E-state index < -0.39 is 15.7 Å². The highest BCUT2D eigenvalue weighted by atomic mass is 32.2. The summed E-state index contributed by atoms with van der Waals surface area (Å²) in [6.07, 6.45) is 0.836. The van der Waals surface area contributed by atoms with Crippen molar-refractivity contribution in [1.82, 2.24) is 5.32 Å². The van der Waals surface area contributed by atoms with E-state index in [1.807, 2.05) is 6.92 Å². The van der Waals surface area contributed by atoms with Crippen molar-refractivity contribution in [3.63, 3.8) is 0 Å². The van der Waals surface area contributed by atoms with E-state index in [9.17, 15) is 12.8 Å². The molecule has 0 amide bonds. The van der Waals surface area contributed by atoms with E-state index in [4.69, 9.17) is 9.15 Å². The van der Waals surface area contributed by atoms with Gasteiger partial charge in [-0.15, -0.1) is 0 Å². The summed E-state index contributed by atoms with van der Waals surface area (Å²) in [5, 5.41) is 4.25. The smallest absolute Gasteiger partial charge is 0.206 e. The van der Waals surface area contributed by atoms with Gasteiger partial charge in [-0.2, -0.15) is 0 Å². The van der Waals surface area contributed by atoms with Crippen molar-refractivity contribution in [3.8, 4) is 5.75 Å². The maximum absolute atomic E-state index is 13.9. The summed E-state index contributed by atoms with van der Waals surface area (Å²) >= 11 is 0. The van der Waals surface area contributed by atoms with Gasteiger partial charge in [0.2, 0.25) is 9.84 Å². The van der Waals surface area contributed by atoms with Crippen molar-refractivity contribution >= 4 is 20.8 Å². The Morgan fingerprint density at radius 2 is 1.92 bits per heavy atom. The second kappa shape index (κ2) is 6.10. The lowest BCUT2D eigenvalue weighted by Crippen LogP contribution is -2.26. The first-order chi connectivity index (χ1) is 12.4. The molecule has 3 aromatic rings. The number of nitrogens with one attached hydrogen (secondary N) is 1. The zero-order valence-corrected chi connectivity index (χ0v) is 15.2. The second-order valence-electron chi connectivity index (χ2n) is 6.33. The summed E-state index contributed by atoms with van der Waals surface area (Å²) in [6, 6.07) is 8.52. The largest absolute Gasteiger partial charge is 0.494 e. The molecule has 0 saturated carbocycles. The number of rotatable bonds is 3. The Labute approximate surface area is 150 Å². The van der Waals surface area contributed by atoms with Crippen molar-refractivity contribution in [3.05, 3.63) is 53.5 Å². The van der Waals surface area contributed by atoms with Crippen LogP contribution in [0, 0.1) is 5.82 Å². The van der Waals surface area contributed by atoms with Gasteiger partial charge in [-0.25, -0.2) is 12.8 Å². The van der Waals surface area contributed by atoms with Gasteiger partial charge in [0, 0.05) is 17.0 Å². The van der Waals surface area contributed by atoms with Crippen LogP contribution < -0.4 is 10.1 Å². The minimum Gasteiger partial charge on any atom is -0.494 e. The molecule has 1 N–H and O–H groups in total. The summed E-state index contributed by atoms with van der Waals surface area (Å²) in [5.74, 6) is 0.124. The third kappa shape index (κ3) is 2.59. The number of fused-ring (bicyclic) bond motifs is 3. The molecule has 0 bridgehead atoms. The Hall–Kier alpha value is -2.38. The summed E-state index contributed by atoms with van der Waals surface area (Å²) in [5.41, 5.74) is 1.64. The van der Waals surface area contributed by atoms with Gasteiger partial charge in [0.25, 0.3) is 0 Å². The molecular formula is C19H18FNO4S. The Bertz CT molecular complexity index is 1100. The van der Waals surface area contributed by atoms with E-state index in [1.54, 1.807) is 12.1 Å². The highest BCUT2D eigenvalue weighted by molar-refractivity contribution is 7.91. The van der Waals surface area contributed by atoms with Gasteiger partial charge in [-0.3, -0.25) is 0 Å². The SMILES string of the molecule is COc1ccc(S(=O)(=O)c2ccc3c4c(oc3c2)C(C)NCC4)cc1F. The number of ether oxygens (including phenoxy) is 1. The fraction of sp³-hybridized carbons (Fsp3) is 0.263. The number of halogens is 1. The van der Waals surface area contributed by atoms with E-state index in [0.29, 0.717) is 5.58 Å². The lowest BCUT2D eigenvalue weighted by atomic mass is 10.0. The second-order valence-corrected chi connectivity index (χ2v) is 8.28. The molecule has 0 fully saturated rings. The predicted octanol–water partition coefficient (Wildman–Crippen LogP) is 3.62. The predicted molar refractivity (Wildman–Crippen MR) is 94.7 cm³/mol. The summed E-state index contributed by atoms with van der Waals surface area (Å²) in [6.45, 7) is 2.87. The zero-order chi connectivity index (χ0) is 18.5. The van der Waals surface area contributed by atoms with Crippen LogP contribution >= 0.6 is 0 Å². The maximum Gasteiger partial charge on any atom is 0.206 e. The maximum atomic E-state index is 13.9. The number of methoxy groups -OCH3 is 1. The number of hydrogen-bond donors (Lipinski definition) is 1. The van der Waals surface area contributed by atoms with Gasteiger partial charge < -0.3 is 14.5 Å². The third-order valence-electron chi connectivity index (χ3n) is 4.76.